The summed E-state index contributed by atoms with van der Waals surface area (Å²) in [6, 6.07) is 17.7. The number of hydrogen-bond acceptors (Lipinski definition) is 2. The Bertz CT molecular complexity index is 1050. The SMILES string of the molecule is CCc1ccccc1NC(=O)CNC(=O)c1cc(C)n(-c2cccc(C)c2)c1C. The average molecular weight is 389 g/mol. The van der Waals surface area contributed by atoms with E-state index in [4.69, 9.17) is 0 Å². The maximum atomic E-state index is 12.7. The Kier molecular flexibility index (Phi) is 6.17. The standard InChI is InChI=1S/C24H27N3O2/c1-5-19-10-6-7-12-22(19)26-23(28)15-25-24(29)21-14-17(3)27(18(21)4)20-11-8-9-16(2)13-20/h6-14H,5,15H2,1-4H3,(H,25,29)(H,26,28). The third-order valence-corrected chi connectivity index (χ3v) is 5.02. The molecule has 2 N–H and O–H groups in total. The van der Waals surface area contributed by atoms with Crippen LogP contribution >= 0.6 is 0 Å². The lowest BCUT2D eigenvalue weighted by atomic mass is 10.1. The van der Waals surface area contributed by atoms with Gasteiger partial charge in [-0.15, -0.1) is 0 Å². The van der Waals surface area contributed by atoms with Crippen molar-refractivity contribution in [3.8, 4) is 5.69 Å². The number of carbonyl (C=O) groups is 2. The van der Waals surface area contributed by atoms with Crippen LogP contribution in [0.25, 0.3) is 5.69 Å². The normalized spacial score (nSPS) is 10.6. The van der Waals surface area contributed by atoms with Gasteiger partial charge in [-0.1, -0.05) is 37.3 Å². The van der Waals surface area contributed by atoms with Crippen molar-refractivity contribution in [3.63, 3.8) is 0 Å². The van der Waals surface area contributed by atoms with E-state index in [1.165, 1.54) is 0 Å². The minimum Gasteiger partial charge on any atom is -0.343 e. The summed E-state index contributed by atoms with van der Waals surface area (Å²) in [6.45, 7) is 7.89. The molecule has 0 aliphatic heterocycles. The van der Waals surface area contributed by atoms with E-state index in [1.54, 1.807) is 0 Å². The molecule has 5 heteroatoms. The quantitative estimate of drug-likeness (QED) is 0.659. The number of anilines is 1. The Balaban J connectivity index is 1.70. The highest BCUT2D eigenvalue weighted by molar-refractivity contribution is 6.00. The third-order valence-electron chi connectivity index (χ3n) is 5.02. The molecule has 29 heavy (non-hydrogen) atoms. The smallest absolute Gasteiger partial charge is 0.253 e. The Morgan fingerprint density at radius 3 is 2.45 bits per heavy atom. The first kappa shape index (κ1) is 20.4. The molecule has 0 unspecified atom stereocenters. The number of carbonyl (C=O) groups excluding carboxylic acids is 2. The largest absolute Gasteiger partial charge is 0.343 e. The number of hydrogen-bond donors (Lipinski definition) is 2. The first-order valence-corrected chi connectivity index (χ1v) is 9.82. The van der Waals surface area contributed by atoms with Gasteiger partial charge in [-0.3, -0.25) is 9.59 Å². The number of nitrogens with zero attached hydrogens (tertiary/aromatic N) is 1. The van der Waals surface area contributed by atoms with Crippen LogP contribution in [-0.2, 0) is 11.2 Å². The molecule has 0 radical (unpaired) electrons. The number of aryl methyl sites for hydroxylation is 3. The molecule has 0 atom stereocenters. The van der Waals surface area contributed by atoms with Crippen LogP contribution in [0.1, 0.15) is 39.8 Å². The molecular weight excluding hydrogens is 362 g/mol. The Hall–Kier alpha value is -3.34. The number of amides is 2. The second-order valence-electron chi connectivity index (χ2n) is 7.20. The average Bonchev–Trinajstić information content (AvgIpc) is 3.00. The van der Waals surface area contributed by atoms with Crippen molar-refractivity contribution in [2.24, 2.45) is 0 Å². The number of benzene rings is 2. The monoisotopic (exact) mass is 389 g/mol. The highest BCUT2D eigenvalue weighted by Crippen LogP contribution is 2.21. The van der Waals surface area contributed by atoms with Crippen LogP contribution < -0.4 is 10.6 Å². The molecule has 0 aliphatic carbocycles. The van der Waals surface area contributed by atoms with E-state index in [0.717, 1.165) is 40.3 Å². The van der Waals surface area contributed by atoms with E-state index < -0.39 is 0 Å². The van der Waals surface area contributed by atoms with Crippen LogP contribution in [0.3, 0.4) is 0 Å². The van der Waals surface area contributed by atoms with E-state index in [-0.39, 0.29) is 18.4 Å². The summed E-state index contributed by atoms with van der Waals surface area (Å²) in [5, 5.41) is 5.61. The van der Waals surface area contributed by atoms with Gasteiger partial charge in [-0.05, 0) is 62.6 Å². The Morgan fingerprint density at radius 1 is 0.966 bits per heavy atom. The van der Waals surface area contributed by atoms with Gasteiger partial charge in [0.05, 0.1) is 12.1 Å². The third kappa shape index (κ3) is 4.57. The summed E-state index contributed by atoms with van der Waals surface area (Å²) < 4.78 is 2.06. The fourth-order valence-corrected chi connectivity index (χ4v) is 3.56. The molecule has 0 fully saturated rings. The van der Waals surface area contributed by atoms with E-state index >= 15 is 0 Å². The topological polar surface area (TPSA) is 63.1 Å². The Morgan fingerprint density at radius 2 is 1.72 bits per heavy atom. The van der Waals surface area contributed by atoms with Crippen molar-refractivity contribution in [1.82, 2.24) is 9.88 Å². The van der Waals surface area contributed by atoms with Gasteiger partial charge in [0.1, 0.15) is 0 Å². The molecule has 2 aromatic carbocycles. The fourth-order valence-electron chi connectivity index (χ4n) is 3.56. The van der Waals surface area contributed by atoms with Gasteiger partial charge in [-0.2, -0.15) is 0 Å². The molecule has 0 spiro atoms. The Labute approximate surface area is 171 Å². The summed E-state index contributed by atoms with van der Waals surface area (Å²) in [6.07, 6.45) is 0.827. The van der Waals surface area contributed by atoms with Crippen molar-refractivity contribution in [1.29, 1.82) is 0 Å². The van der Waals surface area contributed by atoms with E-state index in [1.807, 2.05) is 76.2 Å². The van der Waals surface area contributed by atoms with E-state index in [0.29, 0.717) is 5.56 Å². The summed E-state index contributed by atoms with van der Waals surface area (Å²) >= 11 is 0. The maximum absolute atomic E-state index is 12.7. The van der Waals surface area contributed by atoms with Gasteiger partial charge >= 0.3 is 0 Å². The van der Waals surface area contributed by atoms with Gasteiger partial charge < -0.3 is 15.2 Å². The zero-order valence-electron chi connectivity index (χ0n) is 17.4. The fraction of sp³-hybridized carbons (Fsp3) is 0.250. The molecule has 3 rings (SSSR count). The molecular formula is C24H27N3O2. The van der Waals surface area contributed by atoms with Crippen LogP contribution in [0.2, 0.25) is 0 Å². The molecule has 1 aromatic heterocycles. The van der Waals surface area contributed by atoms with Crippen molar-refractivity contribution in [3.05, 3.63) is 82.7 Å². The van der Waals surface area contributed by atoms with Gasteiger partial charge in [0.15, 0.2) is 0 Å². The molecule has 2 amide bonds. The van der Waals surface area contributed by atoms with Crippen LogP contribution in [0, 0.1) is 20.8 Å². The van der Waals surface area contributed by atoms with Crippen LogP contribution in [0.15, 0.2) is 54.6 Å². The maximum Gasteiger partial charge on any atom is 0.253 e. The first-order chi connectivity index (χ1) is 13.9. The second-order valence-corrected chi connectivity index (χ2v) is 7.20. The number of para-hydroxylation sites is 1. The summed E-state index contributed by atoms with van der Waals surface area (Å²) in [4.78, 5) is 25.0. The predicted octanol–water partition coefficient (Wildman–Crippen LogP) is 4.33. The van der Waals surface area contributed by atoms with Crippen LogP contribution in [0.4, 0.5) is 5.69 Å². The van der Waals surface area contributed by atoms with E-state index in [2.05, 4.69) is 21.3 Å². The van der Waals surface area contributed by atoms with Crippen LogP contribution in [0.5, 0.6) is 0 Å². The van der Waals surface area contributed by atoms with Gasteiger partial charge in [0.2, 0.25) is 5.91 Å². The highest BCUT2D eigenvalue weighted by Gasteiger charge is 2.17. The highest BCUT2D eigenvalue weighted by atomic mass is 16.2. The lowest BCUT2D eigenvalue weighted by molar-refractivity contribution is -0.115. The minimum absolute atomic E-state index is 0.0784. The molecule has 3 aromatic rings. The number of nitrogens with one attached hydrogen (secondary N) is 2. The first-order valence-electron chi connectivity index (χ1n) is 9.82. The van der Waals surface area contributed by atoms with Crippen LogP contribution in [-0.4, -0.2) is 22.9 Å². The van der Waals surface area contributed by atoms with Gasteiger partial charge in [-0.25, -0.2) is 0 Å². The lowest BCUT2D eigenvalue weighted by Crippen LogP contribution is -2.33. The molecule has 0 bridgehead atoms. The number of rotatable bonds is 6. The zero-order valence-corrected chi connectivity index (χ0v) is 17.4. The second kappa shape index (κ2) is 8.78. The molecule has 5 nitrogen and oxygen atoms in total. The van der Waals surface area contributed by atoms with E-state index in [9.17, 15) is 9.59 Å². The molecule has 0 saturated carbocycles. The lowest BCUT2D eigenvalue weighted by Gasteiger charge is -2.11. The van der Waals surface area contributed by atoms with Crippen molar-refractivity contribution in [2.45, 2.75) is 34.1 Å². The van der Waals surface area contributed by atoms with Crippen molar-refractivity contribution >= 4 is 17.5 Å². The summed E-state index contributed by atoms with van der Waals surface area (Å²) in [5.74, 6) is -0.498. The molecule has 1 heterocycles. The molecule has 150 valence electrons. The minimum atomic E-state index is -0.254. The van der Waals surface area contributed by atoms with Crippen molar-refractivity contribution in [2.75, 3.05) is 11.9 Å². The molecule has 0 aliphatic rings. The van der Waals surface area contributed by atoms with Gasteiger partial charge in [0, 0.05) is 22.8 Å². The number of aromatic nitrogens is 1. The van der Waals surface area contributed by atoms with Gasteiger partial charge in [0.25, 0.3) is 5.91 Å². The summed E-state index contributed by atoms with van der Waals surface area (Å²) in [5.41, 5.74) is 6.42. The predicted molar refractivity (Wildman–Crippen MR) is 117 cm³/mol. The van der Waals surface area contributed by atoms with Crippen molar-refractivity contribution < 1.29 is 9.59 Å². The zero-order chi connectivity index (χ0) is 21.0. The summed E-state index contributed by atoms with van der Waals surface area (Å²) in [7, 11) is 0. The molecule has 0 saturated heterocycles.